The standard InChI is InChI=1S/C22H18N4O2/c1-28-17-4-2-15(3-5-17)13-25-14-19-18(22(25)27)6-7-21(24-19)26-11-9-16-12-23-10-8-20(16)26/h2-12H,13-14H2,1H3. The third-order valence-electron chi connectivity index (χ3n) is 5.09. The quantitative estimate of drug-likeness (QED) is 0.551. The van der Waals surface area contributed by atoms with Crippen molar-refractivity contribution in [1.29, 1.82) is 0 Å². The molecule has 6 nitrogen and oxygen atoms in total. The summed E-state index contributed by atoms with van der Waals surface area (Å²) in [6.45, 7) is 1.06. The van der Waals surface area contributed by atoms with E-state index in [1.807, 2.05) is 70.4 Å². The van der Waals surface area contributed by atoms with Crippen LogP contribution in [-0.4, -0.2) is 32.5 Å². The average molecular weight is 370 g/mol. The first-order valence-corrected chi connectivity index (χ1v) is 9.06. The third kappa shape index (κ3) is 2.70. The van der Waals surface area contributed by atoms with E-state index in [0.29, 0.717) is 18.7 Å². The van der Waals surface area contributed by atoms with Gasteiger partial charge >= 0.3 is 0 Å². The first-order valence-electron chi connectivity index (χ1n) is 9.06. The van der Waals surface area contributed by atoms with Gasteiger partial charge in [0.05, 0.1) is 30.4 Å². The van der Waals surface area contributed by atoms with E-state index in [-0.39, 0.29) is 5.91 Å². The van der Waals surface area contributed by atoms with Gasteiger partial charge in [-0.25, -0.2) is 4.98 Å². The Balaban J connectivity index is 1.43. The van der Waals surface area contributed by atoms with Crippen molar-refractivity contribution in [3.8, 4) is 11.6 Å². The van der Waals surface area contributed by atoms with Crippen LogP contribution in [0.4, 0.5) is 0 Å². The number of fused-ring (bicyclic) bond motifs is 2. The molecule has 138 valence electrons. The lowest BCUT2D eigenvalue weighted by Crippen LogP contribution is -2.23. The Bertz CT molecular complexity index is 1180. The summed E-state index contributed by atoms with van der Waals surface area (Å²) in [4.78, 5) is 23.5. The molecule has 0 saturated carbocycles. The number of ether oxygens (including phenoxy) is 1. The van der Waals surface area contributed by atoms with Crippen LogP contribution in [0.2, 0.25) is 0 Å². The van der Waals surface area contributed by atoms with Crippen molar-refractivity contribution in [2.45, 2.75) is 13.1 Å². The van der Waals surface area contributed by atoms with Gasteiger partial charge in [-0.15, -0.1) is 0 Å². The fourth-order valence-electron chi connectivity index (χ4n) is 3.62. The summed E-state index contributed by atoms with van der Waals surface area (Å²) in [5.41, 5.74) is 3.59. The Hall–Kier alpha value is -3.67. The van der Waals surface area contributed by atoms with Crippen LogP contribution >= 0.6 is 0 Å². The highest BCUT2D eigenvalue weighted by atomic mass is 16.5. The molecule has 1 aromatic carbocycles. The summed E-state index contributed by atoms with van der Waals surface area (Å²) in [5.74, 6) is 1.63. The number of nitrogens with zero attached hydrogens (tertiary/aromatic N) is 4. The van der Waals surface area contributed by atoms with Crippen LogP contribution in [0.15, 0.2) is 67.1 Å². The van der Waals surface area contributed by atoms with Crippen LogP contribution in [0, 0.1) is 0 Å². The third-order valence-corrected chi connectivity index (χ3v) is 5.09. The van der Waals surface area contributed by atoms with Crippen LogP contribution in [0.3, 0.4) is 0 Å². The monoisotopic (exact) mass is 370 g/mol. The van der Waals surface area contributed by atoms with E-state index in [1.165, 1.54) is 0 Å². The molecule has 0 bridgehead atoms. The molecule has 1 aliphatic rings. The van der Waals surface area contributed by atoms with Gasteiger partial charge in [0.2, 0.25) is 0 Å². The number of carbonyl (C=O) groups is 1. The number of hydrogen-bond acceptors (Lipinski definition) is 4. The molecule has 0 atom stereocenters. The Kier molecular flexibility index (Phi) is 3.83. The van der Waals surface area contributed by atoms with Gasteiger partial charge in [-0.05, 0) is 42.0 Å². The van der Waals surface area contributed by atoms with Gasteiger partial charge in [0.25, 0.3) is 5.91 Å². The highest BCUT2D eigenvalue weighted by Crippen LogP contribution is 2.26. The van der Waals surface area contributed by atoms with Crippen molar-refractivity contribution >= 4 is 16.8 Å². The topological polar surface area (TPSA) is 60.2 Å². The van der Waals surface area contributed by atoms with Crippen LogP contribution in [0.5, 0.6) is 5.75 Å². The van der Waals surface area contributed by atoms with Gasteiger partial charge in [0.1, 0.15) is 11.6 Å². The zero-order valence-corrected chi connectivity index (χ0v) is 15.4. The molecular weight excluding hydrogens is 352 g/mol. The van der Waals surface area contributed by atoms with Gasteiger partial charge < -0.3 is 14.2 Å². The Morgan fingerprint density at radius 2 is 1.93 bits per heavy atom. The second-order valence-electron chi connectivity index (χ2n) is 6.79. The van der Waals surface area contributed by atoms with E-state index in [2.05, 4.69) is 4.98 Å². The Morgan fingerprint density at radius 3 is 2.75 bits per heavy atom. The number of methoxy groups -OCH3 is 1. The largest absolute Gasteiger partial charge is 0.497 e. The number of benzene rings is 1. The van der Waals surface area contributed by atoms with Gasteiger partial charge in [0, 0.05) is 30.5 Å². The number of hydrogen-bond donors (Lipinski definition) is 0. The molecule has 0 unspecified atom stereocenters. The lowest BCUT2D eigenvalue weighted by Gasteiger charge is -2.15. The van der Waals surface area contributed by atoms with Crippen LogP contribution < -0.4 is 4.74 Å². The van der Waals surface area contributed by atoms with E-state index in [1.54, 1.807) is 13.3 Å². The van der Waals surface area contributed by atoms with Crippen LogP contribution in [0.1, 0.15) is 21.6 Å². The molecule has 6 heteroatoms. The minimum atomic E-state index is 0.0198. The fraction of sp³-hybridized carbons (Fsp3) is 0.136. The number of amides is 1. The summed E-state index contributed by atoms with van der Waals surface area (Å²) < 4.78 is 7.21. The molecular formula is C22H18N4O2. The van der Waals surface area contributed by atoms with Crippen molar-refractivity contribution in [2.24, 2.45) is 0 Å². The first kappa shape index (κ1) is 16.5. The molecule has 0 radical (unpaired) electrons. The van der Waals surface area contributed by atoms with E-state index in [4.69, 9.17) is 9.72 Å². The summed E-state index contributed by atoms with van der Waals surface area (Å²) >= 11 is 0. The molecule has 4 aromatic rings. The zero-order valence-electron chi connectivity index (χ0n) is 15.4. The average Bonchev–Trinajstić information content (AvgIpc) is 3.30. The van der Waals surface area contributed by atoms with Gasteiger partial charge in [-0.3, -0.25) is 9.78 Å². The first-order chi connectivity index (χ1) is 13.7. The van der Waals surface area contributed by atoms with Crippen molar-refractivity contribution in [3.05, 3.63) is 83.9 Å². The zero-order chi connectivity index (χ0) is 19.1. The summed E-state index contributed by atoms with van der Waals surface area (Å²) in [6.07, 6.45) is 5.58. The van der Waals surface area contributed by atoms with Crippen LogP contribution in [-0.2, 0) is 13.1 Å². The lowest BCUT2D eigenvalue weighted by molar-refractivity contribution is 0.0766. The fourth-order valence-corrected chi connectivity index (χ4v) is 3.62. The minimum absolute atomic E-state index is 0.0198. The molecule has 4 heterocycles. The maximum Gasteiger partial charge on any atom is 0.256 e. The molecule has 1 amide bonds. The highest BCUT2D eigenvalue weighted by Gasteiger charge is 2.29. The number of carbonyl (C=O) groups excluding carboxylic acids is 1. The van der Waals surface area contributed by atoms with Crippen LogP contribution in [0.25, 0.3) is 16.7 Å². The minimum Gasteiger partial charge on any atom is -0.497 e. The molecule has 0 N–H and O–H groups in total. The summed E-state index contributed by atoms with van der Waals surface area (Å²) in [6, 6.07) is 15.5. The molecule has 0 fully saturated rings. The molecule has 1 aliphatic heterocycles. The van der Waals surface area contributed by atoms with Crippen molar-refractivity contribution < 1.29 is 9.53 Å². The van der Waals surface area contributed by atoms with Crippen molar-refractivity contribution in [2.75, 3.05) is 7.11 Å². The summed E-state index contributed by atoms with van der Waals surface area (Å²) in [5, 5.41) is 1.06. The maximum absolute atomic E-state index is 12.8. The second-order valence-corrected chi connectivity index (χ2v) is 6.79. The lowest BCUT2D eigenvalue weighted by atomic mass is 10.2. The Morgan fingerprint density at radius 1 is 1.07 bits per heavy atom. The number of rotatable bonds is 4. The van der Waals surface area contributed by atoms with Crippen molar-refractivity contribution in [1.82, 2.24) is 19.4 Å². The van der Waals surface area contributed by atoms with E-state index in [9.17, 15) is 4.79 Å². The molecule has 0 saturated heterocycles. The number of aromatic nitrogens is 3. The normalized spacial score (nSPS) is 13.2. The predicted octanol–water partition coefficient (Wildman–Crippen LogP) is 3.59. The Labute approximate surface area is 162 Å². The van der Waals surface area contributed by atoms with E-state index < -0.39 is 0 Å². The molecule has 3 aromatic heterocycles. The van der Waals surface area contributed by atoms with Crippen molar-refractivity contribution in [3.63, 3.8) is 0 Å². The molecule has 28 heavy (non-hydrogen) atoms. The smallest absolute Gasteiger partial charge is 0.256 e. The molecule has 0 aliphatic carbocycles. The molecule has 0 spiro atoms. The van der Waals surface area contributed by atoms with E-state index in [0.717, 1.165) is 33.7 Å². The maximum atomic E-state index is 12.8. The predicted molar refractivity (Wildman–Crippen MR) is 105 cm³/mol. The van der Waals surface area contributed by atoms with E-state index >= 15 is 0 Å². The second kappa shape index (κ2) is 6.49. The van der Waals surface area contributed by atoms with Gasteiger partial charge in [0.15, 0.2) is 0 Å². The van der Waals surface area contributed by atoms with Gasteiger partial charge in [-0.1, -0.05) is 12.1 Å². The SMILES string of the molecule is COc1ccc(CN2Cc3nc(-n4ccc5cnccc54)ccc3C2=O)cc1. The number of pyridine rings is 2. The molecule has 5 rings (SSSR count). The summed E-state index contributed by atoms with van der Waals surface area (Å²) in [7, 11) is 1.64. The van der Waals surface area contributed by atoms with Gasteiger partial charge in [-0.2, -0.15) is 0 Å². The highest BCUT2D eigenvalue weighted by molar-refractivity contribution is 5.98.